The number of aliphatic hydroxyl groups is 1. The van der Waals surface area contributed by atoms with Crippen LogP contribution in [-0.4, -0.2) is 27.5 Å². The highest BCUT2D eigenvalue weighted by Crippen LogP contribution is 2.47. The molecule has 0 amide bonds. The molecule has 6 heteroatoms. The summed E-state index contributed by atoms with van der Waals surface area (Å²) in [6, 6.07) is 7.12. The summed E-state index contributed by atoms with van der Waals surface area (Å²) < 4.78 is 10.8. The van der Waals surface area contributed by atoms with Gasteiger partial charge in [0.25, 0.3) is 0 Å². The van der Waals surface area contributed by atoms with Crippen molar-refractivity contribution in [3.05, 3.63) is 47.5 Å². The van der Waals surface area contributed by atoms with Crippen LogP contribution < -0.4 is 9.47 Å². The first kappa shape index (κ1) is 14.1. The minimum Gasteiger partial charge on any atom is -0.504 e. The number of ether oxygens (including phenoxy) is 2. The van der Waals surface area contributed by atoms with Crippen molar-refractivity contribution in [2.75, 3.05) is 7.11 Å². The maximum absolute atomic E-state index is 10.2. The van der Waals surface area contributed by atoms with Crippen LogP contribution in [0.3, 0.4) is 0 Å². The Labute approximate surface area is 126 Å². The Balaban J connectivity index is 2.08. The van der Waals surface area contributed by atoms with Gasteiger partial charge in [0.1, 0.15) is 11.9 Å². The highest BCUT2D eigenvalue weighted by atomic mass is 16.5. The minimum atomic E-state index is -0.954. The van der Waals surface area contributed by atoms with Crippen LogP contribution in [0.1, 0.15) is 17.2 Å². The third-order valence-electron chi connectivity index (χ3n) is 3.43. The minimum absolute atomic E-state index is 0.108. The van der Waals surface area contributed by atoms with Crippen molar-refractivity contribution in [2.45, 2.75) is 6.10 Å². The van der Waals surface area contributed by atoms with E-state index in [0.717, 1.165) is 0 Å². The number of hydrogen-bond donors (Lipinski definition) is 4. The summed E-state index contributed by atoms with van der Waals surface area (Å²) in [7, 11) is 1.38. The fourth-order valence-corrected chi connectivity index (χ4v) is 2.31. The van der Waals surface area contributed by atoms with Crippen molar-refractivity contribution in [1.29, 1.82) is 0 Å². The molecule has 2 aromatic carbocycles. The van der Waals surface area contributed by atoms with E-state index in [1.54, 1.807) is 6.07 Å². The lowest BCUT2D eigenvalue weighted by molar-refractivity contribution is 0.214. The zero-order valence-corrected chi connectivity index (χ0v) is 11.6. The molecule has 1 atom stereocenters. The zero-order chi connectivity index (χ0) is 15.9. The van der Waals surface area contributed by atoms with Gasteiger partial charge in [-0.2, -0.15) is 0 Å². The number of rotatable bonds is 2. The first-order chi connectivity index (χ1) is 10.5. The molecule has 1 unspecified atom stereocenters. The second kappa shape index (κ2) is 5.16. The Morgan fingerprint density at radius 1 is 1.00 bits per heavy atom. The van der Waals surface area contributed by atoms with Gasteiger partial charge in [-0.05, 0) is 36.4 Å². The third-order valence-corrected chi connectivity index (χ3v) is 3.43. The number of aliphatic hydroxyl groups excluding tert-OH is 1. The molecule has 0 aliphatic carbocycles. The van der Waals surface area contributed by atoms with Crippen molar-refractivity contribution in [3.63, 3.8) is 0 Å². The molecule has 0 radical (unpaired) electrons. The normalized spacial score (nSPS) is 16.5. The molecule has 0 aromatic heterocycles. The molecule has 0 bridgehead atoms. The van der Waals surface area contributed by atoms with E-state index >= 15 is 0 Å². The van der Waals surface area contributed by atoms with E-state index in [-0.39, 0.29) is 34.5 Å². The van der Waals surface area contributed by atoms with Crippen molar-refractivity contribution in [3.8, 4) is 28.7 Å². The number of fused-ring (bicyclic) bond motifs is 1. The summed E-state index contributed by atoms with van der Waals surface area (Å²) in [6.07, 6.45) is 0.508. The van der Waals surface area contributed by atoms with Gasteiger partial charge >= 0.3 is 0 Å². The molecule has 1 aliphatic rings. The van der Waals surface area contributed by atoms with Gasteiger partial charge in [-0.25, -0.2) is 0 Å². The van der Waals surface area contributed by atoms with Crippen LogP contribution in [0.15, 0.2) is 36.4 Å². The second-order valence-electron chi connectivity index (χ2n) is 4.82. The standard InChI is InChI=1S/C16H14O6/c1-21-16-11(18)5-3-9-12(19)7-14(22-15(9)16)8-2-4-10(17)13(20)6-8/h2-7,12,17-20H,1H3. The summed E-state index contributed by atoms with van der Waals surface area (Å²) >= 11 is 0. The first-order valence-corrected chi connectivity index (χ1v) is 6.51. The van der Waals surface area contributed by atoms with Crippen LogP contribution in [0, 0.1) is 0 Å². The smallest absolute Gasteiger partial charge is 0.204 e. The largest absolute Gasteiger partial charge is 0.504 e. The molecule has 0 spiro atoms. The monoisotopic (exact) mass is 302 g/mol. The third kappa shape index (κ3) is 2.19. The van der Waals surface area contributed by atoms with Crippen LogP contribution in [0.25, 0.3) is 5.76 Å². The fourth-order valence-electron chi connectivity index (χ4n) is 2.31. The second-order valence-corrected chi connectivity index (χ2v) is 4.82. The van der Waals surface area contributed by atoms with Gasteiger partial charge in [-0.1, -0.05) is 0 Å². The molecular formula is C16H14O6. The number of phenolic OH excluding ortho intramolecular Hbond substituents is 3. The number of phenols is 3. The molecule has 22 heavy (non-hydrogen) atoms. The predicted octanol–water partition coefficient (Wildman–Crippen LogP) is 2.28. The van der Waals surface area contributed by atoms with Crippen molar-refractivity contribution >= 4 is 5.76 Å². The first-order valence-electron chi connectivity index (χ1n) is 6.51. The van der Waals surface area contributed by atoms with Gasteiger partial charge in [-0.15, -0.1) is 0 Å². The molecule has 6 nitrogen and oxygen atoms in total. The van der Waals surface area contributed by atoms with Crippen molar-refractivity contribution in [1.82, 2.24) is 0 Å². The molecular weight excluding hydrogens is 288 g/mol. The molecule has 2 aromatic rings. The highest BCUT2D eigenvalue weighted by molar-refractivity contribution is 5.71. The van der Waals surface area contributed by atoms with Gasteiger partial charge in [0.05, 0.1) is 7.11 Å². The van der Waals surface area contributed by atoms with Gasteiger partial charge in [0.2, 0.25) is 5.75 Å². The fraction of sp³-hybridized carbons (Fsp3) is 0.125. The molecule has 0 saturated heterocycles. The Bertz CT molecular complexity index is 765. The van der Waals surface area contributed by atoms with E-state index in [1.165, 1.54) is 37.5 Å². The average Bonchev–Trinajstić information content (AvgIpc) is 2.49. The molecule has 0 fully saturated rings. The van der Waals surface area contributed by atoms with E-state index in [2.05, 4.69) is 0 Å². The quantitative estimate of drug-likeness (QED) is 0.635. The van der Waals surface area contributed by atoms with E-state index < -0.39 is 6.10 Å². The predicted molar refractivity (Wildman–Crippen MR) is 78.0 cm³/mol. The number of methoxy groups -OCH3 is 1. The van der Waals surface area contributed by atoms with Crippen LogP contribution in [0.2, 0.25) is 0 Å². The van der Waals surface area contributed by atoms with E-state index in [1.807, 2.05) is 0 Å². The molecule has 1 heterocycles. The topological polar surface area (TPSA) is 99.4 Å². The highest BCUT2D eigenvalue weighted by Gasteiger charge is 2.26. The maximum atomic E-state index is 10.2. The Morgan fingerprint density at radius 3 is 2.41 bits per heavy atom. The molecule has 1 aliphatic heterocycles. The Morgan fingerprint density at radius 2 is 1.73 bits per heavy atom. The molecule has 3 rings (SSSR count). The molecule has 4 N–H and O–H groups in total. The lowest BCUT2D eigenvalue weighted by Crippen LogP contribution is -2.10. The van der Waals surface area contributed by atoms with Crippen LogP contribution in [-0.2, 0) is 0 Å². The van der Waals surface area contributed by atoms with Crippen LogP contribution in [0.4, 0.5) is 0 Å². The lowest BCUT2D eigenvalue weighted by Gasteiger charge is -2.24. The van der Waals surface area contributed by atoms with E-state index in [0.29, 0.717) is 11.1 Å². The summed E-state index contributed by atoms with van der Waals surface area (Å²) in [5.74, 6) is -0.0610. The average molecular weight is 302 g/mol. The summed E-state index contributed by atoms with van der Waals surface area (Å²) in [4.78, 5) is 0. The number of aromatic hydroxyl groups is 3. The van der Waals surface area contributed by atoms with Gasteiger partial charge in [0, 0.05) is 11.1 Å². The van der Waals surface area contributed by atoms with Crippen LogP contribution in [0.5, 0.6) is 28.7 Å². The Hall–Kier alpha value is -2.86. The van der Waals surface area contributed by atoms with Gasteiger partial charge < -0.3 is 29.9 Å². The SMILES string of the molecule is COc1c(O)ccc2c1OC(c1ccc(O)c(O)c1)=CC2O. The van der Waals surface area contributed by atoms with Gasteiger partial charge in [0.15, 0.2) is 23.0 Å². The molecule has 0 saturated carbocycles. The Kier molecular flexibility index (Phi) is 3.30. The summed E-state index contributed by atoms with van der Waals surface area (Å²) in [5, 5.41) is 39.0. The molecule has 114 valence electrons. The van der Waals surface area contributed by atoms with E-state index in [9.17, 15) is 20.4 Å². The summed E-state index contributed by atoms with van der Waals surface area (Å²) in [6.45, 7) is 0. The summed E-state index contributed by atoms with van der Waals surface area (Å²) in [5.41, 5.74) is 0.923. The lowest BCUT2D eigenvalue weighted by atomic mass is 10.0. The maximum Gasteiger partial charge on any atom is 0.204 e. The number of benzene rings is 2. The van der Waals surface area contributed by atoms with Crippen molar-refractivity contribution in [2.24, 2.45) is 0 Å². The van der Waals surface area contributed by atoms with Crippen LogP contribution >= 0.6 is 0 Å². The van der Waals surface area contributed by atoms with Gasteiger partial charge in [-0.3, -0.25) is 0 Å². The van der Waals surface area contributed by atoms with E-state index in [4.69, 9.17) is 9.47 Å². The zero-order valence-electron chi connectivity index (χ0n) is 11.6. The number of hydrogen-bond acceptors (Lipinski definition) is 6. The van der Waals surface area contributed by atoms with Crippen molar-refractivity contribution < 1.29 is 29.9 Å².